The van der Waals surface area contributed by atoms with E-state index in [2.05, 4.69) is 9.97 Å². The molecule has 2 heterocycles. The van der Waals surface area contributed by atoms with Gasteiger partial charge >= 0.3 is 17.5 Å². The maximum atomic E-state index is 12.4. The Hall–Kier alpha value is -2.30. The molecule has 1 aliphatic heterocycles. The standard InChI is InChI=1S/C14H19N3O7/c1-7-16-9(8(10(15)17-7)11-23-5-6-24-11)14(22-4,12(18)20-2)13(19)21-3/h11H,5-6H2,1-4H3,(H2,15,16,17). The highest BCUT2D eigenvalue weighted by Crippen LogP contribution is 2.37. The molecule has 1 fully saturated rings. The molecule has 0 aromatic carbocycles. The highest BCUT2D eigenvalue weighted by Gasteiger charge is 2.55. The van der Waals surface area contributed by atoms with E-state index in [0.29, 0.717) is 13.2 Å². The Morgan fingerprint density at radius 2 is 1.67 bits per heavy atom. The van der Waals surface area contributed by atoms with Gasteiger partial charge in [0.1, 0.15) is 17.3 Å². The lowest BCUT2D eigenvalue weighted by molar-refractivity contribution is -0.187. The van der Waals surface area contributed by atoms with Crippen LogP contribution in [0.25, 0.3) is 0 Å². The number of anilines is 1. The number of methoxy groups -OCH3 is 3. The zero-order chi connectivity index (χ0) is 17.9. The SMILES string of the molecule is COC(=O)C(OC)(C(=O)OC)c1nc(C)nc(N)c1C1OCCO1. The number of rotatable bonds is 5. The molecule has 1 aromatic rings. The summed E-state index contributed by atoms with van der Waals surface area (Å²) in [4.78, 5) is 33.1. The lowest BCUT2D eigenvalue weighted by atomic mass is 9.94. The third-order valence-electron chi connectivity index (χ3n) is 3.53. The molecule has 0 saturated carbocycles. The molecule has 0 amide bonds. The number of hydrogen-bond donors (Lipinski definition) is 1. The van der Waals surface area contributed by atoms with E-state index < -0.39 is 23.8 Å². The number of esters is 2. The summed E-state index contributed by atoms with van der Waals surface area (Å²) in [6.45, 7) is 2.18. The zero-order valence-corrected chi connectivity index (χ0v) is 13.8. The number of hydrogen-bond acceptors (Lipinski definition) is 10. The molecule has 0 atom stereocenters. The van der Waals surface area contributed by atoms with E-state index >= 15 is 0 Å². The largest absolute Gasteiger partial charge is 0.466 e. The van der Waals surface area contributed by atoms with E-state index in [1.54, 1.807) is 6.92 Å². The van der Waals surface area contributed by atoms with Crippen LogP contribution in [0.3, 0.4) is 0 Å². The second-order valence-corrected chi connectivity index (χ2v) is 4.86. The molecule has 2 N–H and O–H groups in total. The van der Waals surface area contributed by atoms with Crippen LogP contribution in [-0.2, 0) is 38.9 Å². The summed E-state index contributed by atoms with van der Waals surface area (Å²) < 4.78 is 25.6. The van der Waals surface area contributed by atoms with Crippen molar-refractivity contribution in [1.29, 1.82) is 0 Å². The van der Waals surface area contributed by atoms with Crippen LogP contribution in [0.4, 0.5) is 5.82 Å². The molecule has 0 spiro atoms. The number of nitrogens with two attached hydrogens (primary N) is 1. The number of nitrogen functional groups attached to an aromatic ring is 1. The summed E-state index contributed by atoms with van der Waals surface area (Å²) in [5.41, 5.74) is 3.67. The molecule has 10 nitrogen and oxygen atoms in total. The molecular weight excluding hydrogens is 322 g/mol. The summed E-state index contributed by atoms with van der Waals surface area (Å²) in [6, 6.07) is 0. The fourth-order valence-electron chi connectivity index (χ4n) is 2.46. The Bertz CT molecular complexity index is 628. The predicted octanol–water partition coefficient (Wildman–Crippen LogP) is -0.400. The Morgan fingerprint density at radius 1 is 1.12 bits per heavy atom. The first-order chi connectivity index (χ1) is 11.4. The van der Waals surface area contributed by atoms with Gasteiger partial charge in [0.25, 0.3) is 0 Å². The molecule has 0 unspecified atom stereocenters. The third-order valence-corrected chi connectivity index (χ3v) is 3.53. The number of aromatic nitrogens is 2. The van der Waals surface area contributed by atoms with Crippen molar-refractivity contribution in [3.63, 3.8) is 0 Å². The highest BCUT2D eigenvalue weighted by atomic mass is 16.7. The summed E-state index contributed by atoms with van der Waals surface area (Å²) in [5.74, 6) is -1.82. The molecule has 24 heavy (non-hydrogen) atoms. The summed E-state index contributed by atoms with van der Waals surface area (Å²) in [5, 5.41) is 0. The van der Waals surface area contributed by atoms with Crippen molar-refractivity contribution in [1.82, 2.24) is 9.97 Å². The first kappa shape index (κ1) is 18.0. The van der Waals surface area contributed by atoms with Crippen LogP contribution in [0.15, 0.2) is 0 Å². The van der Waals surface area contributed by atoms with Crippen LogP contribution >= 0.6 is 0 Å². The monoisotopic (exact) mass is 341 g/mol. The maximum absolute atomic E-state index is 12.4. The smallest absolute Gasteiger partial charge is 0.356 e. The number of ether oxygens (including phenoxy) is 5. The molecule has 10 heteroatoms. The van der Waals surface area contributed by atoms with E-state index in [1.807, 2.05) is 0 Å². The Balaban J connectivity index is 2.77. The van der Waals surface area contributed by atoms with E-state index in [4.69, 9.17) is 29.4 Å². The van der Waals surface area contributed by atoms with Crippen molar-refractivity contribution < 1.29 is 33.3 Å². The van der Waals surface area contributed by atoms with Gasteiger partial charge in [0.15, 0.2) is 6.29 Å². The van der Waals surface area contributed by atoms with E-state index in [0.717, 1.165) is 21.3 Å². The number of carbonyl (C=O) groups excluding carboxylic acids is 2. The van der Waals surface area contributed by atoms with E-state index in [1.165, 1.54) is 0 Å². The summed E-state index contributed by atoms with van der Waals surface area (Å²) in [6.07, 6.45) is -0.940. The van der Waals surface area contributed by atoms with Gasteiger partial charge in [-0.15, -0.1) is 0 Å². The van der Waals surface area contributed by atoms with Crippen LogP contribution in [0.5, 0.6) is 0 Å². The topological polar surface area (TPSA) is 132 Å². The molecular formula is C14H19N3O7. The van der Waals surface area contributed by atoms with Gasteiger partial charge in [0, 0.05) is 7.11 Å². The average Bonchev–Trinajstić information content (AvgIpc) is 3.08. The van der Waals surface area contributed by atoms with Crippen molar-refractivity contribution in [2.75, 3.05) is 40.3 Å². The number of aryl methyl sites for hydroxylation is 1. The highest BCUT2D eigenvalue weighted by molar-refractivity contribution is 6.04. The molecule has 1 aliphatic rings. The second kappa shape index (κ2) is 7.07. The van der Waals surface area contributed by atoms with Crippen LogP contribution < -0.4 is 5.73 Å². The molecule has 0 radical (unpaired) electrons. The Kier molecular flexibility index (Phi) is 5.32. The lowest BCUT2D eigenvalue weighted by Crippen LogP contribution is -2.49. The zero-order valence-electron chi connectivity index (χ0n) is 13.8. The number of carbonyl (C=O) groups is 2. The molecule has 0 aliphatic carbocycles. The van der Waals surface area contributed by atoms with Crippen LogP contribution in [0.2, 0.25) is 0 Å². The van der Waals surface area contributed by atoms with Gasteiger partial charge in [-0.05, 0) is 6.92 Å². The lowest BCUT2D eigenvalue weighted by Gasteiger charge is -2.29. The predicted molar refractivity (Wildman–Crippen MR) is 78.5 cm³/mol. The fraction of sp³-hybridized carbons (Fsp3) is 0.571. The molecule has 1 aromatic heterocycles. The maximum Gasteiger partial charge on any atom is 0.356 e. The van der Waals surface area contributed by atoms with Gasteiger partial charge in [-0.3, -0.25) is 0 Å². The molecule has 0 bridgehead atoms. The first-order valence-corrected chi connectivity index (χ1v) is 7.02. The van der Waals surface area contributed by atoms with Crippen molar-refractivity contribution in [3.8, 4) is 0 Å². The van der Waals surface area contributed by atoms with Gasteiger partial charge in [0.2, 0.25) is 0 Å². The van der Waals surface area contributed by atoms with Crippen molar-refractivity contribution in [2.45, 2.75) is 18.8 Å². The van der Waals surface area contributed by atoms with Crippen LogP contribution in [0.1, 0.15) is 23.4 Å². The minimum absolute atomic E-state index is 0.00127. The van der Waals surface area contributed by atoms with E-state index in [-0.39, 0.29) is 22.9 Å². The Morgan fingerprint density at radius 3 is 2.12 bits per heavy atom. The van der Waals surface area contributed by atoms with Gasteiger partial charge in [-0.2, -0.15) is 0 Å². The van der Waals surface area contributed by atoms with Crippen LogP contribution in [0, 0.1) is 6.92 Å². The molecule has 2 rings (SSSR count). The Labute approximate surface area is 138 Å². The molecule has 132 valence electrons. The van der Waals surface area contributed by atoms with Crippen molar-refractivity contribution in [3.05, 3.63) is 17.1 Å². The van der Waals surface area contributed by atoms with Gasteiger partial charge in [-0.25, -0.2) is 19.6 Å². The average molecular weight is 341 g/mol. The minimum atomic E-state index is -2.28. The van der Waals surface area contributed by atoms with Gasteiger partial charge in [0.05, 0.1) is 33.0 Å². The van der Waals surface area contributed by atoms with Gasteiger partial charge < -0.3 is 29.4 Å². The number of nitrogens with zero attached hydrogens (tertiary/aromatic N) is 2. The normalized spacial score (nSPS) is 15.3. The third kappa shape index (κ3) is 2.79. The molecule has 1 saturated heterocycles. The van der Waals surface area contributed by atoms with E-state index in [9.17, 15) is 9.59 Å². The summed E-state index contributed by atoms with van der Waals surface area (Å²) >= 11 is 0. The fourth-order valence-corrected chi connectivity index (χ4v) is 2.46. The second-order valence-electron chi connectivity index (χ2n) is 4.86. The van der Waals surface area contributed by atoms with Crippen molar-refractivity contribution >= 4 is 17.8 Å². The minimum Gasteiger partial charge on any atom is -0.466 e. The van der Waals surface area contributed by atoms with Gasteiger partial charge in [-0.1, -0.05) is 0 Å². The van der Waals surface area contributed by atoms with Crippen LogP contribution in [-0.4, -0.2) is 56.4 Å². The first-order valence-electron chi connectivity index (χ1n) is 7.02. The quantitative estimate of drug-likeness (QED) is 0.557. The summed E-state index contributed by atoms with van der Waals surface area (Å²) in [7, 11) is 3.37. The van der Waals surface area contributed by atoms with Crippen molar-refractivity contribution in [2.24, 2.45) is 0 Å².